The second-order valence-corrected chi connectivity index (χ2v) is 6.02. The van der Waals surface area contributed by atoms with Crippen molar-refractivity contribution >= 4 is 45.4 Å². The van der Waals surface area contributed by atoms with Crippen LogP contribution >= 0.6 is 34.5 Å². The molecule has 1 aliphatic rings. The highest BCUT2D eigenvalue weighted by molar-refractivity contribution is 7.16. The minimum atomic E-state index is -0.833. The molecule has 0 saturated carbocycles. The van der Waals surface area contributed by atoms with Crippen LogP contribution in [0, 0.1) is 11.3 Å². The average Bonchev–Trinajstić information content (AvgIpc) is 2.65. The molecule has 17 heavy (non-hydrogen) atoms. The standard InChI is InChI=1S/C11H11Cl2N3S/c12-9(13)10(15)16-11-7(5-14)6-3-1-2-4-8(6)17-11/h9H,1-4H2,(H2,15,16). The van der Waals surface area contributed by atoms with E-state index in [2.05, 4.69) is 11.1 Å². The summed E-state index contributed by atoms with van der Waals surface area (Å²) in [6.45, 7) is 0. The van der Waals surface area contributed by atoms with E-state index in [0.717, 1.165) is 24.8 Å². The molecular formula is C11H11Cl2N3S. The molecular weight excluding hydrogens is 277 g/mol. The fraction of sp³-hybridized carbons (Fsp3) is 0.455. The third-order valence-electron chi connectivity index (χ3n) is 2.72. The molecule has 0 unspecified atom stereocenters. The quantitative estimate of drug-likeness (QED) is 0.515. The fourth-order valence-corrected chi connectivity index (χ4v) is 3.24. The van der Waals surface area contributed by atoms with Crippen molar-refractivity contribution in [3.63, 3.8) is 0 Å². The van der Waals surface area contributed by atoms with Crippen LogP contribution < -0.4 is 5.73 Å². The van der Waals surface area contributed by atoms with Gasteiger partial charge in [0.05, 0.1) is 5.56 Å². The van der Waals surface area contributed by atoms with Crippen molar-refractivity contribution in [1.29, 1.82) is 5.26 Å². The van der Waals surface area contributed by atoms with Crippen molar-refractivity contribution in [3.05, 3.63) is 16.0 Å². The summed E-state index contributed by atoms with van der Waals surface area (Å²) in [4.78, 5) is 4.58. The second-order valence-electron chi connectivity index (χ2n) is 3.84. The van der Waals surface area contributed by atoms with Gasteiger partial charge in [0.25, 0.3) is 0 Å². The van der Waals surface area contributed by atoms with Crippen molar-refractivity contribution in [1.82, 2.24) is 0 Å². The van der Waals surface area contributed by atoms with E-state index in [1.165, 1.54) is 22.6 Å². The Hall–Kier alpha value is -0.760. The first kappa shape index (κ1) is 12.7. The summed E-state index contributed by atoms with van der Waals surface area (Å²) in [6, 6.07) is 2.21. The first-order chi connectivity index (χ1) is 8.13. The number of nitrogens with zero attached hydrogens (tertiary/aromatic N) is 2. The molecule has 2 rings (SSSR count). The van der Waals surface area contributed by atoms with Gasteiger partial charge >= 0.3 is 0 Å². The van der Waals surface area contributed by atoms with Crippen LogP contribution in [-0.2, 0) is 12.8 Å². The van der Waals surface area contributed by atoms with Crippen LogP contribution in [0.2, 0.25) is 0 Å². The number of thiophene rings is 1. The highest BCUT2D eigenvalue weighted by Crippen LogP contribution is 2.39. The van der Waals surface area contributed by atoms with E-state index in [1.54, 1.807) is 0 Å². The summed E-state index contributed by atoms with van der Waals surface area (Å²) in [6.07, 6.45) is 4.28. The smallest absolute Gasteiger partial charge is 0.164 e. The average molecular weight is 288 g/mol. The summed E-state index contributed by atoms with van der Waals surface area (Å²) in [5.74, 6) is 0.142. The second kappa shape index (κ2) is 5.26. The van der Waals surface area contributed by atoms with Crippen LogP contribution in [0.5, 0.6) is 0 Å². The van der Waals surface area contributed by atoms with Crippen molar-refractivity contribution in [2.75, 3.05) is 0 Å². The van der Waals surface area contributed by atoms with Crippen LogP contribution in [-0.4, -0.2) is 10.7 Å². The summed E-state index contributed by atoms with van der Waals surface area (Å²) < 4.78 is 0. The van der Waals surface area contributed by atoms with Crippen LogP contribution in [0.25, 0.3) is 0 Å². The Kier molecular flexibility index (Phi) is 3.93. The molecule has 0 aromatic carbocycles. The lowest BCUT2D eigenvalue weighted by Gasteiger charge is -2.09. The van der Waals surface area contributed by atoms with Gasteiger partial charge in [-0.15, -0.1) is 11.3 Å². The third-order valence-corrected chi connectivity index (χ3v) is 4.35. The molecule has 6 heteroatoms. The van der Waals surface area contributed by atoms with Crippen molar-refractivity contribution in [2.24, 2.45) is 10.7 Å². The SMILES string of the molecule is N#Cc1c(/N=C(\N)C(Cl)Cl)sc2c1CCCC2. The zero-order valence-corrected chi connectivity index (χ0v) is 11.4. The van der Waals surface area contributed by atoms with Gasteiger partial charge in [-0.05, 0) is 31.2 Å². The van der Waals surface area contributed by atoms with E-state index in [9.17, 15) is 5.26 Å². The summed E-state index contributed by atoms with van der Waals surface area (Å²) in [5.41, 5.74) is 7.39. The van der Waals surface area contributed by atoms with Crippen molar-refractivity contribution in [2.45, 2.75) is 30.5 Å². The zero-order chi connectivity index (χ0) is 12.4. The Morgan fingerprint density at radius 3 is 2.76 bits per heavy atom. The molecule has 3 nitrogen and oxygen atoms in total. The molecule has 0 aliphatic heterocycles. The predicted octanol–water partition coefficient (Wildman–Crippen LogP) is 3.29. The predicted molar refractivity (Wildman–Crippen MR) is 72.5 cm³/mol. The minimum absolute atomic E-state index is 0.142. The number of rotatable bonds is 2. The van der Waals surface area contributed by atoms with E-state index >= 15 is 0 Å². The largest absolute Gasteiger partial charge is 0.385 e. The molecule has 1 aromatic heterocycles. The molecule has 0 bridgehead atoms. The molecule has 0 fully saturated rings. The van der Waals surface area contributed by atoms with Gasteiger partial charge in [0.15, 0.2) is 4.84 Å². The highest BCUT2D eigenvalue weighted by atomic mass is 35.5. The van der Waals surface area contributed by atoms with Gasteiger partial charge < -0.3 is 5.73 Å². The molecule has 0 spiro atoms. The van der Waals surface area contributed by atoms with Gasteiger partial charge in [-0.1, -0.05) is 23.2 Å². The maximum Gasteiger partial charge on any atom is 0.164 e. The fourth-order valence-electron chi connectivity index (χ4n) is 1.91. The first-order valence-electron chi connectivity index (χ1n) is 5.30. The van der Waals surface area contributed by atoms with Gasteiger partial charge in [-0.25, -0.2) is 4.99 Å². The van der Waals surface area contributed by atoms with Gasteiger partial charge in [-0.3, -0.25) is 0 Å². The van der Waals surface area contributed by atoms with E-state index < -0.39 is 4.84 Å². The lowest BCUT2D eigenvalue weighted by Crippen LogP contribution is -2.18. The Morgan fingerprint density at radius 1 is 1.41 bits per heavy atom. The monoisotopic (exact) mass is 287 g/mol. The Labute approximate surface area is 114 Å². The Balaban J connectivity index is 2.45. The molecule has 0 amide bonds. The number of amidine groups is 1. The Bertz CT molecular complexity index is 500. The van der Waals surface area contributed by atoms with Crippen molar-refractivity contribution in [3.8, 4) is 6.07 Å². The first-order valence-corrected chi connectivity index (χ1v) is 6.99. The van der Waals surface area contributed by atoms with E-state index in [0.29, 0.717) is 10.6 Å². The number of halogens is 2. The molecule has 90 valence electrons. The molecule has 0 saturated heterocycles. The van der Waals surface area contributed by atoms with Gasteiger partial charge in [-0.2, -0.15) is 5.26 Å². The lowest BCUT2D eigenvalue weighted by atomic mass is 9.96. The van der Waals surface area contributed by atoms with Crippen LogP contribution in [0.3, 0.4) is 0 Å². The number of aryl methyl sites for hydroxylation is 1. The normalized spacial score (nSPS) is 15.8. The van der Waals surface area contributed by atoms with Crippen molar-refractivity contribution < 1.29 is 0 Å². The molecule has 1 aromatic rings. The maximum atomic E-state index is 9.20. The lowest BCUT2D eigenvalue weighted by molar-refractivity contribution is 0.696. The summed E-state index contributed by atoms with van der Waals surface area (Å²) in [7, 11) is 0. The van der Waals surface area contributed by atoms with E-state index in [-0.39, 0.29) is 5.84 Å². The summed E-state index contributed by atoms with van der Waals surface area (Å²) in [5, 5.41) is 9.84. The zero-order valence-electron chi connectivity index (χ0n) is 9.04. The number of fused-ring (bicyclic) bond motifs is 1. The van der Waals surface area contributed by atoms with Crippen LogP contribution in [0.1, 0.15) is 28.8 Å². The molecule has 1 heterocycles. The maximum absolute atomic E-state index is 9.20. The number of aliphatic imine (C=N–C) groups is 1. The molecule has 0 atom stereocenters. The van der Waals surface area contributed by atoms with Gasteiger partial charge in [0, 0.05) is 4.88 Å². The number of nitriles is 1. The van der Waals surface area contributed by atoms with Crippen LogP contribution in [0.4, 0.5) is 5.00 Å². The van der Waals surface area contributed by atoms with Gasteiger partial charge in [0.1, 0.15) is 16.9 Å². The van der Waals surface area contributed by atoms with Crippen LogP contribution in [0.15, 0.2) is 4.99 Å². The number of nitrogens with two attached hydrogens (primary N) is 1. The highest BCUT2D eigenvalue weighted by Gasteiger charge is 2.21. The van der Waals surface area contributed by atoms with Gasteiger partial charge in [0.2, 0.25) is 0 Å². The molecule has 1 aliphatic carbocycles. The van der Waals surface area contributed by atoms with E-state index in [1.807, 2.05) is 0 Å². The summed E-state index contributed by atoms with van der Waals surface area (Å²) >= 11 is 12.8. The Morgan fingerprint density at radius 2 is 2.12 bits per heavy atom. The molecule has 2 N–H and O–H groups in total. The number of hydrogen-bond acceptors (Lipinski definition) is 3. The minimum Gasteiger partial charge on any atom is -0.385 e. The third kappa shape index (κ3) is 2.57. The number of alkyl halides is 2. The van der Waals surface area contributed by atoms with E-state index in [4.69, 9.17) is 28.9 Å². The molecule has 0 radical (unpaired) electrons. The number of hydrogen-bond donors (Lipinski definition) is 1. The topological polar surface area (TPSA) is 62.2 Å².